The standard InChI is InChI=1S/C17H26N2O2S/c1-12(2)10-19(11-13(3)4)17(22)18-15-8-6-7-14(9-15)16(20)21-5/h6-9,12-13H,10-11H2,1-5H3,(H,18,22). The van der Waals surface area contributed by atoms with Gasteiger partial charge in [-0.05, 0) is 42.3 Å². The first-order valence-electron chi connectivity index (χ1n) is 7.57. The van der Waals surface area contributed by atoms with E-state index < -0.39 is 0 Å². The molecule has 0 saturated carbocycles. The molecule has 0 radical (unpaired) electrons. The van der Waals surface area contributed by atoms with Crippen LogP contribution in [0.2, 0.25) is 0 Å². The van der Waals surface area contributed by atoms with Crippen LogP contribution >= 0.6 is 12.2 Å². The van der Waals surface area contributed by atoms with E-state index in [2.05, 4.69) is 37.9 Å². The molecule has 0 aliphatic heterocycles. The van der Waals surface area contributed by atoms with Gasteiger partial charge in [0, 0.05) is 18.8 Å². The smallest absolute Gasteiger partial charge is 0.337 e. The lowest BCUT2D eigenvalue weighted by Crippen LogP contribution is -2.39. The van der Waals surface area contributed by atoms with Crippen molar-refractivity contribution in [2.45, 2.75) is 27.7 Å². The molecule has 0 aromatic heterocycles. The van der Waals surface area contributed by atoms with Gasteiger partial charge in [0.15, 0.2) is 5.11 Å². The maximum atomic E-state index is 11.6. The fraction of sp³-hybridized carbons (Fsp3) is 0.529. The van der Waals surface area contributed by atoms with Gasteiger partial charge >= 0.3 is 5.97 Å². The summed E-state index contributed by atoms with van der Waals surface area (Å²) < 4.78 is 4.74. The van der Waals surface area contributed by atoms with E-state index in [0.717, 1.165) is 18.8 Å². The van der Waals surface area contributed by atoms with Gasteiger partial charge in [-0.25, -0.2) is 4.79 Å². The van der Waals surface area contributed by atoms with E-state index >= 15 is 0 Å². The summed E-state index contributed by atoms with van der Waals surface area (Å²) in [4.78, 5) is 13.8. The fourth-order valence-electron chi connectivity index (χ4n) is 2.17. The molecular weight excluding hydrogens is 296 g/mol. The summed E-state index contributed by atoms with van der Waals surface area (Å²) in [6.45, 7) is 10.5. The van der Waals surface area contributed by atoms with E-state index in [1.807, 2.05) is 12.1 Å². The van der Waals surface area contributed by atoms with Crippen molar-refractivity contribution in [3.8, 4) is 0 Å². The van der Waals surface area contributed by atoms with Crippen molar-refractivity contribution < 1.29 is 9.53 Å². The molecule has 0 heterocycles. The number of anilines is 1. The lowest BCUT2D eigenvalue weighted by molar-refractivity contribution is 0.0601. The summed E-state index contributed by atoms with van der Waals surface area (Å²) in [5.74, 6) is 0.704. The number of esters is 1. The molecule has 122 valence electrons. The number of rotatable bonds is 6. The maximum Gasteiger partial charge on any atom is 0.337 e. The predicted octanol–water partition coefficient (Wildman–Crippen LogP) is 3.78. The number of carbonyl (C=O) groups excluding carboxylic acids is 1. The van der Waals surface area contributed by atoms with Crippen LogP contribution in [-0.4, -0.2) is 36.2 Å². The SMILES string of the molecule is COC(=O)c1cccc(NC(=S)N(CC(C)C)CC(C)C)c1. The van der Waals surface area contributed by atoms with Crippen LogP contribution in [0.4, 0.5) is 5.69 Å². The summed E-state index contributed by atoms with van der Waals surface area (Å²) in [5, 5.41) is 3.91. The zero-order valence-electron chi connectivity index (χ0n) is 14.1. The van der Waals surface area contributed by atoms with Gasteiger partial charge in [-0.15, -0.1) is 0 Å². The monoisotopic (exact) mass is 322 g/mol. The summed E-state index contributed by atoms with van der Waals surface area (Å²) >= 11 is 5.53. The van der Waals surface area contributed by atoms with E-state index in [1.165, 1.54) is 7.11 Å². The first-order chi connectivity index (χ1) is 10.3. The van der Waals surface area contributed by atoms with Crippen molar-refractivity contribution >= 4 is 29.0 Å². The van der Waals surface area contributed by atoms with Crippen LogP contribution in [-0.2, 0) is 4.74 Å². The highest BCUT2D eigenvalue weighted by atomic mass is 32.1. The van der Waals surface area contributed by atoms with Crippen molar-refractivity contribution in [2.75, 3.05) is 25.5 Å². The number of hydrogen-bond donors (Lipinski definition) is 1. The molecule has 22 heavy (non-hydrogen) atoms. The number of carbonyl (C=O) groups is 1. The topological polar surface area (TPSA) is 41.6 Å². The average molecular weight is 322 g/mol. The van der Waals surface area contributed by atoms with Gasteiger partial charge in [0.25, 0.3) is 0 Å². The Morgan fingerprint density at radius 2 is 1.82 bits per heavy atom. The van der Waals surface area contributed by atoms with E-state index in [0.29, 0.717) is 22.5 Å². The van der Waals surface area contributed by atoms with Gasteiger partial charge < -0.3 is 15.0 Å². The zero-order chi connectivity index (χ0) is 16.7. The second-order valence-corrected chi connectivity index (χ2v) is 6.58. The van der Waals surface area contributed by atoms with Crippen molar-refractivity contribution in [3.05, 3.63) is 29.8 Å². The minimum Gasteiger partial charge on any atom is -0.465 e. The number of thiocarbonyl (C=S) groups is 1. The molecule has 0 unspecified atom stereocenters. The van der Waals surface area contributed by atoms with Crippen LogP contribution in [0.1, 0.15) is 38.1 Å². The Kier molecular flexibility index (Phi) is 7.32. The quantitative estimate of drug-likeness (QED) is 0.637. The van der Waals surface area contributed by atoms with Crippen molar-refractivity contribution in [3.63, 3.8) is 0 Å². The number of nitrogens with one attached hydrogen (secondary N) is 1. The minimum absolute atomic E-state index is 0.351. The molecule has 0 atom stereocenters. The number of nitrogens with zero attached hydrogens (tertiary/aromatic N) is 1. The van der Waals surface area contributed by atoms with Crippen LogP contribution in [0, 0.1) is 11.8 Å². The normalized spacial score (nSPS) is 10.7. The Bertz CT molecular complexity index is 505. The number of ether oxygens (including phenoxy) is 1. The van der Waals surface area contributed by atoms with Gasteiger partial charge in [0.2, 0.25) is 0 Å². The molecular formula is C17H26N2O2S. The van der Waals surface area contributed by atoms with E-state index in [1.54, 1.807) is 12.1 Å². The molecule has 0 saturated heterocycles. The van der Waals surface area contributed by atoms with Crippen LogP contribution in [0.15, 0.2) is 24.3 Å². The van der Waals surface area contributed by atoms with Crippen molar-refractivity contribution in [1.29, 1.82) is 0 Å². The number of hydrogen-bond acceptors (Lipinski definition) is 3. The molecule has 1 N–H and O–H groups in total. The van der Waals surface area contributed by atoms with Gasteiger partial charge in [0.1, 0.15) is 0 Å². The van der Waals surface area contributed by atoms with E-state index in [-0.39, 0.29) is 5.97 Å². The molecule has 0 aliphatic rings. The van der Waals surface area contributed by atoms with Crippen LogP contribution in [0.3, 0.4) is 0 Å². The largest absolute Gasteiger partial charge is 0.465 e. The zero-order valence-corrected chi connectivity index (χ0v) is 14.9. The molecule has 5 heteroatoms. The van der Waals surface area contributed by atoms with Gasteiger partial charge in [-0.2, -0.15) is 0 Å². The molecule has 4 nitrogen and oxygen atoms in total. The minimum atomic E-state index is -0.351. The molecule has 0 amide bonds. The molecule has 0 aliphatic carbocycles. The second kappa shape index (κ2) is 8.73. The van der Waals surface area contributed by atoms with Gasteiger partial charge in [0.05, 0.1) is 12.7 Å². The summed E-state index contributed by atoms with van der Waals surface area (Å²) in [7, 11) is 1.38. The molecule has 0 spiro atoms. The third-order valence-electron chi connectivity index (χ3n) is 2.99. The highest BCUT2D eigenvalue weighted by Crippen LogP contribution is 2.14. The lowest BCUT2D eigenvalue weighted by atomic mass is 10.1. The molecule has 1 rings (SSSR count). The van der Waals surface area contributed by atoms with Crippen LogP contribution in [0.5, 0.6) is 0 Å². The summed E-state index contributed by atoms with van der Waals surface area (Å²) in [6.07, 6.45) is 0. The lowest BCUT2D eigenvalue weighted by Gasteiger charge is -2.29. The van der Waals surface area contributed by atoms with Gasteiger partial charge in [-0.3, -0.25) is 0 Å². The third kappa shape index (κ3) is 6.02. The van der Waals surface area contributed by atoms with Crippen molar-refractivity contribution in [1.82, 2.24) is 4.90 Å². The first kappa shape index (κ1) is 18.4. The van der Waals surface area contributed by atoms with Crippen molar-refractivity contribution in [2.24, 2.45) is 11.8 Å². The number of methoxy groups -OCH3 is 1. The summed E-state index contributed by atoms with van der Waals surface area (Å²) in [5.41, 5.74) is 1.31. The van der Waals surface area contributed by atoms with Gasteiger partial charge in [-0.1, -0.05) is 33.8 Å². The highest BCUT2D eigenvalue weighted by molar-refractivity contribution is 7.80. The van der Waals surface area contributed by atoms with Crippen LogP contribution in [0.25, 0.3) is 0 Å². The predicted molar refractivity (Wildman–Crippen MR) is 95.3 cm³/mol. The third-order valence-corrected chi connectivity index (χ3v) is 3.35. The average Bonchev–Trinajstić information content (AvgIpc) is 2.45. The Morgan fingerprint density at radius 1 is 1.23 bits per heavy atom. The van der Waals surface area contributed by atoms with E-state index in [9.17, 15) is 4.79 Å². The molecule has 1 aromatic carbocycles. The first-order valence-corrected chi connectivity index (χ1v) is 7.98. The molecule has 0 fully saturated rings. The van der Waals surface area contributed by atoms with E-state index in [4.69, 9.17) is 17.0 Å². The molecule has 1 aromatic rings. The summed E-state index contributed by atoms with van der Waals surface area (Å²) in [6, 6.07) is 7.18. The Labute approximate surface area is 138 Å². The maximum absolute atomic E-state index is 11.6. The Hall–Kier alpha value is -1.62. The Morgan fingerprint density at radius 3 is 2.32 bits per heavy atom. The molecule has 0 bridgehead atoms. The number of benzene rings is 1. The fourth-order valence-corrected chi connectivity index (χ4v) is 2.43. The Balaban J connectivity index is 2.82. The second-order valence-electron chi connectivity index (χ2n) is 6.20. The highest BCUT2D eigenvalue weighted by Gasteiger charge is 2.14. The van der Waals surface area contributed by atoms with Crippen LogP contribution < -0.4 is 5.32 Å².